The van der Waals surface area contributed by atoms with E-state index in [1.54, 1.807) is 18.2 Å². The fourth-order valence-electron chi connectivity index (χ4n) is 2.00. The summed E-state index contributed by atoms with van der Waals surface area (Å²) in [5.41, 5.74) is -0.192. The van der Waals surface area contributed by atoms with Gasteiger partial charge in [-0.15, -0.1) is 0 Å². The van der Waals surface area contributed by atoms with Crippen molar-refractivity contribution in [2.75, 3.05) is 26.0 Å². The number of ether oxygens (including phenoxy) is 1. The van der Waals surface area contributed by atoms with Crippen molar-refractivity contribution in [3.8, 4) is 0 Å². The minimum atomic E-state index is -3.86. The van der Waals surface area contributed by atoms with Crippen LogP contribution in [0.4, 0.5) is 10.1 Å². The lowest BCUT2D eigenvalue weighted by Gasteiger charge is -2.12. The average Bonchev–Trinajstić information content (AvgIpc) is 2.59. The van der Waals surface area contributed by atoms with Gasteiger partial charge in [0.1, 0.15) is 5.82 Å². The van der Waals surface area contributed by atoms with Crippen molar-refractivity contribution in [2.45, 2.75) is 4.90 Å². The molecule has 0 spiro atoms. The summed E-state index contributed by atoms with van der Waals surface area (Å²) >= 11 is 5.80. The molecule has 2 aromatic rings. The molecule has 2 aromatic carbocycles. The minimum absolute atomic E-state index is 0.274. The van der Waals surface area contributed by atoms with E-state index in [2.05, 4.69) is 5.32 Å². The normalized spacial score (nSPS) is 11.3. The second-order valence-electron chi connectivity index (χ2n) is 5.56. The molecule has 10 heteroatoms. The van der Waals surface area contributed by atoms with E-state index in [-0.39, 0.29) is 4.90 Å². The fourth-order valence-corrected chi connectivity index (χ4v) is 3.12. The number of halogens is 2. The zero-order chi connectivity index (χ0) is 20.2. The summed E-state index contributed by atoms with van der Waals surface area (Å²) in [6, 6.07) is 9.07. The van der Waals surface area contributed by atoms with Crippen LogP contribution in [0.25, 0.3) is 0 Å². The van der Waals surface area contributed by atoms with E-state index in [0.717, 1.165) is 22.5 Å². The molecule has 7 nitrogen and oxygen atoms in total. The Hall–Kier alpha value is -2.49. The Morgan fingerprint density at radius 2 is 1.89 bits per heavy atom. The van der Waals surface area contributed by atoms with E-state index in [1.165, 1.54) is 20.2 Å². The van der Waals surface area contributed by atoms with Crippen LogP contribution in [-0.2, 0) is 19.6 Å². The first kappa shape index (κ1) is 20.8. The Bertz CT molecular complexity index is 979. The zero-order valence-electron chi connectivity index (χ0n) is 14.4. The van der Waals surface area contributed by atoms with Crippen LogP contribution in [-0.4, -0.2) is 45.3 Å². The summed E-state index contributed by atoms with van der Waals surface area (Å²) in [6.07, 6.45) is 0. The Morgan fingerprint density at radius 1 is 1.19 bits per heavy atom. The molecule has 0 saturated heterocycles. The number of benzene rings is 2. The highest BCUT2D eigenvalue weighted by atomic mass is 35.5. The number of anilines is 1. The molecule has 0 aliphatic rings. The highest BCUT2D eigenvalue weighted by molar-refractivity contribution is 7.89. The standard InChI is InChI=1S/C17H16ClFN2O5S/c1-21(2)27(24,25)13-6-7-15(19)14(9-13)17(23)26-10-16(22)20-12-5-3-4-11(18)8-12/h3-9H,10H2,1-2H3,(H,20,22). The number of rotatable bonds is 6. The van der Waals surface area contributed by atoms with E-state index in [4.69, 9.17) is 16.3 Å². The molecule has 0 atom stereocenters. The van der Waals surface area contributed by atoms with Crippen molar-refractivity contribution in [2.24, 2.45) is 0 Å². The van der Waals surface area contributed by atoms with Crippen molar-refractivity contribution < 1.29 is 27.1 Å². The summed E-state index contributed by atoms with van der Waals surface area (Å²) in [6.45, 7) is -0.685. The van der Waals surface area contributed by atoms with Gasteiger partial charge in [0.05, 0.1) is 10.5 Å². The molecule has 27 heavy (non-hydrogen) atoms. The number of amides is 1. The van der Waals surface area contributed by atoms with Crippen molar-refractivity contribution in [1.29, 1.82) is 0 Å². The molecule has 0 heterocycles. The molecular weight excluding hydrogens is 399 g/mol. The van der Waals surface area contributed by atoms with Crippen LogP contribution in [0.5, 0.6) is 0 Å². The molecule has 144 valence electrons. The number of hydrogen-bond donors (Lipinski definition) is 1. The van der Waals surface area contributed by atoms with Crippen molar-refractivity contribution in [3.05, 3.63) is 58.9 Å². The highest BCUT2D eigenvalue weighted by Crippen LogP contribution is 2.19. The van der Waals surface area contributed by atoms with E-state index >= 15 is 0 Å². The number of nitrogens with zero attached hydrogens (tertiary/aromatic N) is 1. The first-order valence-corrected chi connectivity index (χ1v) is 9.37. The van der Waals surface area contributed by atoms with Crippen LogP contribution in [0.2, 0.25) is 5.02 Å². The van der Waals surface area contributed by atoms with Crippen molar-refractivity contribution >= 4 is 39.2 Å². The number of esters is 1. The van der Waals surface area contributed by atoms with Gasteiger partial charge in [-0.2, -0.15) is 0 Å². The van der Waals surface area contributed by atoms with E-state index in [1.807, 2.05) is 0 Å². The van der Waals surface area contributed by atoms with E-state index < -0.39 is 39.9 Å². The third kappa shape index (κ3) is 5.25. The number of carbonyl (C=O) groups is 2. The van der Waals surface area contributed by atoms with Gasteiger partial charge in [0, 0.05) is 24.8 Å². The molecule has 1 amide bonds. The van der Waals surface area contributed by atoms with Gasteiger partial charge in [0.2, 0.25) is 10.0 Å². The van der Waals surface area contributed by atoms with Gasteiger partial charge in [0.15, 0.2) is 6.61 Å². The smallest absolute Gasteiger partial charge is 0.341 e. The van der Waals surface area contributed by atoms with Crippen LogP contribution >= 0.6 is 11.6 Å². The fraction of sp³-hybridized carbons (Fsp3) is 0.176. The van der Waals surface area contributed by atoms with Crippen LogP contribution in [0.3, 0.4) is 0 Å². The minimum Gasteiger partial charge on any atom is -0.452 e. The molecule has 1 N–H and O–H groups in total. The lowest BCUT2D eigenvalue weighted by Crippen LogP contribution is -2.23. The van der Waals surface area contributed by atoms with Gasteiger partial charge in [-0.1, -0.05) is 17.7 Å². The van der Waals surface area contributed by atoms with Gasteiger partial charge in [-0.05, 0) is 36.4 Å². The van der Waals surface area contributed by atoms with Crippen LogP contribution in [0.1, 0.15) is 10.4 Å². The molecule has 0 fully saturated rings. The number of carbonyl (C=O) groups excluding carboxylic acids is 2. The molecule has 0 unspecified atom stereocenters. The van der Waals surface area contributed by atoms with Crippen LogP contribution in [0, 0.1) is 5.82 Å². The molecule has 0 saturated carbocycles. The summed E-state index contributed by atoms with van der Waals surface area (Å²) < 4.78 is 43.8. The second-order valence-corrected chi connectivity index (χ2v) is 8.15. The maximum atomic E-state index is 13.9. The molecule has 0 aromatic heterocycles. The lowest BCUT2D eigenvalue weighted by atomic mass is 10.2. The Labute approximate surface area is 160 Å². The average molecular weight is 415 g/mol. The predicted molar refractivity (Wildman–Crippen MR) is 97.6 cm³/mol. The molecule has 2 rings (SSSR count). The highest BCUT2D eigenvalue weighted by Gasteiger charge is 2.22. The summed E-state index contributed by atoms with van der Waals surface area (Å²) in [5, 5.41) is 2.87. The lowest BCUT2D eigenvalue weighted by molar-refractivity contribution is -0.119. The predicted octanol–water partition coefficient (Wildman–Crippen LogP) is 2.52. The summed E-state index contributed by atoms with van der Waals surface area (Å²) in [7, 11) is -1.25. The third-order valence-corrected chi connectivity index (χ3v) is 5.43. The van der Waals surface area contributed by atoms with Gasteiger partial charge in [-0.3, -0.25) is 4.79 Å². The third-order valence-electron chi connectivity index (χ3n) is 3.38. The monoisotopic (exact) mass is 414 g/mol. The summed E-state index contributed by atoms with van der Waals surface area (Å²) in [4.78, 5) is 23.6. The van der Waals surface area contributed by atoms with Crippen molar-refractivity contribution in [3.63, 3.8) is 0 Å². The Kier molecular flexibility index (Phi) is 6.53. The maximum Gasteiger partial charge on any atom is 0.341 e. The number of nitrogens with one attached hydrogen (secondary N) is 1. The first-order chi connectivity index (χ1) is 12.6. The topological polar surface area (TPSA) is 92.8 Å². The molecule has 0 radical (unpaired) electrons. The molecule has 0 aliphatic heterocycles. The number of sulfonamides is 1. The first-order valence-electron chi connectivity index (χ1n) is 7.56. The van der Waals surface area contributed by atoms with Gasteiger partial charge < -0.3 is 10.1 Å². The summed E-state index contributed by atoms with van der Waals surface area (Å²) in [5.74, 6) is -2.79. The Balaban J connectivity index is 2.08. The Morgan fingerprint density at radius 3 is 2.52 bits per heavy atom. The van der Waals surface area contributed by atoms with Crippen LogP contribution in [0.15, 0.2) is 47.4 Å². The van der Waals surface area contributed by atoms with E-state index in [9.17, 15) is 22.4 Å². The quantitative estimate of drug-likeness (QED) is 0.733. The molecule has 0 aliphatic carbocycles. The van der Waals surface area contributed by atoms with Gasteiger partial charge in [0.25, 0.3) is 5.91 Å². The molecular formula is C17H16ClFN2O5S. The zero-order valence-corrected chi connectivity index (χ0v) is 16.0. The van der Waals surface area contributed by atoms with E-state index in [0.29, 0.717) is 10.7 Å². The van der Waals surface area contributed by atoms with Crippen molar-refractivity contribution in [1.82, 2.24) is 4.31 Å². The molecule has 0 bridgehead atoms. The second kappa shape index (κ2) is 8.47. The maximum absolute atomic E-state index is 13.9. The van der Waals surface area contributed by atoms with Crippen LogP contribution < -0.4 is 5.32 Å². The SMILES string of the molecule is CN(C)S(=O)(=O)c1ccc(F)c(C(=O)OCC(=O)Nc2cccc(Cl)c2)c1. The largest absolute Gasteiger partial charge is 0.452 e. The van der Waals surface area contributed by atoms with Gasteiger partial charge >= 0.3 is 5.97 Å². The number of hydrogen-bond acceptors (Lipinski definition) is 5. The van der Waals surface area contributed by atoms with Gasteiger partial charge in [-0.25, -0.2) is 21.9 Å².